The van der Waals surface area contributed by atoms with Crippen molar-refractivity contribution < 1.29 is 9.47 Å². The van der Waals surface area contributed by atoms with Crippen molar-refractivity contribution >= 4 is 11.3 Å². The van der Waals surface area contributed by atoms with Crippen LogP contribution in [-0.2, 0) is 6.42 Å². The molecule has 3 nitrogen and oxygen atoms in total. The van der Waals surface area contributed by atoms with E-state index in [4.69, 9.17) is 9.47 Å². The van der Waals surface area contributed by atoms with Crippen LogP contribution in [0.2, 0.25) is 0 Å². The van der Waals surface area contributed by atoms with Gasteiger partial charge in [-0.05, 0) is 42.6 Å². The molecule has 0 bridgehead atoms. The van der Waals surface area contributed by atoms with E-state index in [-0.39, 0.29) is 6.04 Å². The summed E-state index contributed by atoms with van der Waals surface area (Å²) in [4.78, 5) is 1.32. The first-order valence-corrected chi connectivity index (χ1v) is 7.59. The minimum atomic E-state index is 0.0797. The number of aryl methyl sites for hydroxylation is 1. The molecule has 0 aliphatic carbocycles. The molecule has 1 aromatic heterocycles. The van der Waals surface area contributed by atoms with Gasteiger partial charge in [-0.25, -0.2) is 0 Å². The minimum absolute atomic E-state index is 0.0797. The zero-order valence-electron chi connectivity index (χ0n) is 12.4. The van der Waals surface area contributed by atoms with Gasteiger partial charge in [0.1, 0.15) is 11.5 Å². The molecule has 0 spiro atoms. The molecule has 1 unspecified atom stereocenters. The fourth-order valence-electron chi connectivity index (χ4n) is 2.46. The third kappa shape index (κ3) is 2.67. The van der Waals surface area contributed by atoms with Gasteiger partial charge in [0.15, 0.2) is 0 Å². The van der Waals surface area contributed by atoms with Crippen LogP contribution in [0.15, 0.2) is 29.6 Å². The highest BCUT2D eigenvalue weighted by Crippen LogP contribution is 2.40. The van der Waals surface area contributed by atoms with Crippen molar-refractivity contribution in [1.82, 2.24) is 5.32 Å². The average molecular weight is 291 g/mol. The molecule has 0 aliphatic rings. The summed E-state index contributed by atoms with van der Waals surface area (Å²) in [6.07, 6.45) is 1.02. The lowest BCUT2D eigenvalue weighted by atomic mass is 9.99. The lowest BCUT2D eigenvalue weighted by molar-refractivity contribution is 0.379. The van der Waals surface area contributed by atoms with Gasteiger partial charge in [-0.3, -0.25) is 0 Å². The molecular weight excluding hydrogens is 270 g/mol. The molecule has 0 saturated heterocycles. The molecule has 2 rings (SSSR count). The van der Waals surface area contributed by atoms with E-state index >= 15 is 0 Å². The largest absolute Gasteiger partial charge is 0.496 e. The van der Waals surface area contributed by atoms with Crippen LogP contribution in [0.1, 0.15) is 29.0 Å². The Labute approximate surface area is 124 Å². The smallest absolute Gasteiger partial charge is 0.127 e. The molecule has 108 valence electrons. The summed E-state index contributed by atoms with van der Waals surface area (Å²) >= 11 is 1.77. The van der Waals surface area contributed by atoms with Crippen LogP contribution in [0, 0.1) is 0 Å². The number of benzene rings is 1. The standard InChI is InChI=1S/C16H21NO2S/c1-5-11-9-10-20-16(11)15(17-2)14-12(18-3)7-6-8-13(14)19-4/h6-10,15,17H,5H2,1-4H3. The van der Waals surface area contributed by atoms with Gasteiger partial charge in [0.05, 0.1) is 25.8 Å². The summed E-state index contributed by atoms with van der Waals surface area (Å²) in [6.45, 7) is 2.18. The highest BCUT2D eigenvalue weighted by molar-refractivity contribution is 7.10. The molecule has 20 heavy (non-hydrogen) atoms. The summed E-state index contributed by atoms with van der Waals surface area (Å²) in [7, 11) is 5.36. The topological polar surface area (TPSA) is 30.5 Å². The molecule has 0 saturated carbocycles. The third-order valence-electron chi connectivity index (χ3n) is 3.47. The monoisotopic (exact) mass is 291 g/mol. The summed E-state index contributed by atoms with van der Waals surface area (Å²) in [6, 6.07) is 8.16. The zero-order chi connectivity index (χ0) is 14.5. The molecule has 1 aromatic carbocycles. The highest BCUT2D eigenvalue weighted by atomic mass is 32.1. The normalized spacial score (nSPS) is 12.2. The van der Waals surface area contributed by atoms with E-state index in [2.05, 4.69) is 23.7 Å². The van der Waals surface area contributed by atoms with Gasteiger partial charge in [-0.1, -0.05) is 13.0 Å². The molecule has 0 aliphatic heterocycles. The summed E-state index contributed by atoms with van der Waals surface area (Å²) in [5.41, 5.74) is 2.42. The van der Waals surface area contributed by atoms with Gasteiger partial charge in [0.25, 0.3) is 0 Å². The maximum Gasteiger partial charge on any atom is 0.127 e. The Morgan fingerprint density at radius 1 is 1.15 bits per heavy atom. The summed E-state index contributed by atoms with van der Waals surface area (Å²) in [5, 5.41) is 5.53. The number of nitrogens with one attached hydrogen (secondary N) is 1. The zero-order valence-corrected chi connectivity index (χ0v) is 13.2. The second-order valence-electron chi connectivity index (χ2n) is 4.46. The second-order valence-corrected chi connectivity index (χ2v) is 5.41. The Hall–Kier alpha value is -1.52. The quantitative estimate of drug-likeness (QED) is 0.881. The SMILES string of the molecule is CCc1ccsc1C(NC)c1c(OC)cccc1OC. The predicted molar refractivity (Wildman–Crippen MR) is 84.1 cm³/mol. The molecule has 1 atom stereocenters. The lowest BCUT2D eigenvalue weighted by Crippen LogP contribution is -2.19. The van der Waals surface area contributed by atoms with Crippen molar-refractivity contribution in [2.75, 3.05) is 21.3 Å². The number of hydrogen-bond acceptors (Lipinski definition) is 4. The Bertz CT molecular complexity index is 543. The van der Waals surface area contributed by atoms with E-state index in [9.17, 15) is 0 Å². The first kappa shape index (κ1) is 14.9. The van der Waals surface area contributed by atoms with Crippen LogP contribution < -0.4 is 14.8 Å². The van der Waals surface area contributed by atoms with Crippen molar-refractivity contribution in [2.24, 2.45) is 0 Å². The molecule has 1 heterocycles. The van der Waals surface area contributed by atoms with Crippen molar-refractivity contribution in [1.29, 1.82) is 0 Å². The van der Waals surface area contributed by atoms with Crippen molar-refractivity contribution in [3.05, 3.63) is 45.6 Å². The van der Waals surface area contributed by atoms with E-state index in [1.165, 1.54) is 10.4 Å². The van der Waals surface area contributed by atoms with Gasteiger partial charge in [0.2, 0.25) is 0 Å². The number of methoxy groups -OCH3 is 2. The average Bonchev–Trinajstić information content (AvgIpc) is 2.96. The molecule has 0 fully saturated rings. The predicted octanol–water partition coefficient (Wildman–Crippen LogP) is 3.64. The van der Waals surface area contributed by atoms with Crippen LogP contribution in [0.4, 0.5) is 0 Å². The van der Waals surface area contributed by atoms with Crippen molar-refractivity contribution in [2.45, 2.75) is 19.4 Å². The van der Waals surface area contributed by atoms with Crippen LogP contribution in [0.3, 0.4) is 0 Å². The maximum absolute atomic E-state index is 5.53. The lowest BCUT2D eigenvalue weighted by Gasteiger charge is -2.22. The van der Waals surface area contributed by atoms with E-state index in [0.29, 0.717) is 0 Å². The minimum Gasteiger partial charge on any atom is -0.496 e. The highest BCUT2D eigenvalue weighted by Gasteiger charge is 2.23. The molecule has 0 amide bonds. The Morgan fingerprint density at radius 2 is 1.80 bits per heavy atom. The van der Waals surface area contributed by atoms with Gasteiger partial charge in [-0.2, -0.15) is 0 Å². The summed E-state index contributed by atoms with van der Waals surface area (Å²) < 4.78 is 11.1. The fraction of sp³-hybridized carbons (Fsp3) is 0.375. The van der Waals surface area contributed by atoms with Gasteiger partial charge >= 0.3 is 0 Å². The van der Waals surface area contributed by atoms with E-state index in [0.717, 1.165) is 23.5 Å². The van der Waals surface area contributed by atoms with Crippen molar-refractivity contribution in [3.63, 3.8) is 0 Å². The Balaban J connectivity index is 2.57. The molecule has 1 N–H and O–H groups in total. The Morgan fingerprint density at radius 3 is 2.30 bits per heavy atom. The first-order valence-electron chi connectivity index (χ1n) is 6.71. The van der Waals surface area contributed by atoms with Crippen molar-refractivity contribution in [3.8, 4) is 11.5 Å². The number of rotatable bonds is 6. The summed E-state index contributed by atoms with van der Waals surface area (Å²) in [5.74, 6) is 1.69. The Kier molecular flexibility index (Phi) is 5.04. The fourth-order valence-corrected chi connectivity index (χ4v) is 3.58. The van der Waals surface area contributed by atoms with Gasteiger partial charge in [0, 0.05) is 4.88 Å². The van der Waals surface area contributed by atoms with E-state index in [1.807, 2.05) is 25.2 Å². The number of hydrogen-bond donors (Lipinski definition) is 1. The second kappa shape index (κ2) is 6.77. The van der Waals surface area contributed by atoms with Gasteiger partial charge in [-0.15, -0.1) is 11.3 Å². The third-order valence-corrected chi connectivity index (χ3v) is 4.49. The van der Waals surface area contributed by atoms with Crippen LogP contribution >= 0.6 is 11.3 Å². The number of ether oxygens (including phenoxy) is 2. The van der Waals surface area contributed by atoms with Gasteiger partial charge < -0.3 is 14.8 Å². The first-order chi connectivity index (χ1) is 9.76. The molecular formula is C16H21NO2S. The maximum atomic E-state index is 5.53. The molecule has 0 radical (unpaired) electrons. The van der Waals surface area contributed by atoms with Crippen LogP contribution in [0.25, 0.3) is 0 Å². The van der Waals surface area contributed by atoms with Crippen LogP contribution in [-0.4, -0.2) is 21.3 Å². The van der Waals surface area contributed by atoms with Crippen LogP contribution in [0.5, 0.6) is 11.5 Å². The van der Waals surface area contributed by atoms with E-state index < -0.39 is 0 Å². The molecule has 4 heteroatoms. The number of thiophene rings is 1. The van der Waals surface area contributed by atoms with E-state index in [1.54, 1.807) is 25.6 Å². The molecule has 2 aromatic rings.